The van der Waals surface area contributed by atoms with Gasteiger partial charge in [0.1, 0.15) is 11.4 Å². The molecular weight excluding hydrogens is 438 g/mol. The monoisotopic (exact) mass is 462 g/mol. The lowest BCUT2D eigenvalue weighted by molar-refractivity contribution is 0.0499. The number of piperidine rings is 1. The summed E-state index contributed by atoms with van der Waals surface area (Å²) in [4.78, 5) is 25.9. The Kier molecular flexibility index (Phi) is 6.65. The van der Waals surface area contributed by atoms with Crippen molar-refractivity contribution in [1.29, 1.82) is 0 Å². The van der Waals surface area contributed by atoms with Gasteiger partial charge < -0.3 is 15.0 Å². The summed E-state index contributed by atoms with van der Waals surface area (Å²) in [5.74, 6) is -0.467. The number of amides is 2. The van der Waals surface area contributed by atoms with E-state index in [9.17, 15) is 14.0 Å². The van der Waals surface area contributed by atoms with Crippen molar-refractivity contribution in [2.45, 2.75) is 39.2 Å². The van der Waals surface area contributed by atoms with Crippen LogP contribution >= 0.6 is 22.6 Å². The molecule has 7 heteroatoms. The van der Waals surface area contributed by atoms with Crippen LogP contribution in [0.25, 0.3) is 0 Å². The molecule has 25 heavy (non-hydrogen) atoms. The minimum atomic E-state index is -0.517. The van der Waals surface area contributed by atoms with Gasteiger partial charge in [-0.25, -0.2) is 9.18 Å². The van der Waals surface area contributed by atoms with Crippen LogP contribution in [-0.2, 0) is 4.74 Å². The fourth-order valence-corrected chi connectivity index (χ4v) is 3.20. The molecule has 1 aromatic carbocycles. The fraction of sp³-hybridized carbons (Fsp3) is 0.556. The maximum Gasteiger partial charge on any atom is 0.407 e. The third kappa shape index (κ3) is 6.13. The molecule has 1 saturated heterocycles. The normalized spacial score (nSPS) is 15.8. The molecule has 5 nitrogen and oxygen atoms in total. The highest BCUT2D eigenvalue weighted by molar-refractivity contribution is 14.1. The number of hydrogen-bond acceptors (Lipinski definition) is 3. The predicted molar refractivity (Wildman–Crippen MR) is 102 cm³/mol. The molecule has 1 N–H and O–H groups in total. The number of carbonyl (C=O) groups is 2. The van der Waals surface area contributed by atoms with Crippen molar-refractivity contribution in [2.24, 2.45) is 5.92 Å². The molecule has 138 valence electrons. The van der Waals surface area contributed by atoms with Gasteiger partial charge in [-0.1, -0.05) is 0 Å². The van der Waals surface area contributed by atoms with Crippen LogP contribution in [0.4, 0.5) is 9.18 Å². The van der Waals surface area contributed by atoms with Crippen LogP contribution in [0.5, 0.6) is 0 Å². The van der Waals surface area contributed by atoms with E-state index in [2.05, 4.69) is 27.9 Å². The molecule has 0 spiro atoms. The van der Waals surface area contributed by atoms with Crippen molar-refractivity contribution in [3.05, 3.63) is 33.1 Å². The number of nitrogens with zero attached hydrogens (tertiary/aromatic N) is 1. The molecule has 2 amide bonds. The molecule has 1 aromatic rings. The molecule has 0 saturated carbocycles. The molecular formula is C18H24FIN2O3. The van der Waals surface area contributed by atoms with Crippen LogP contribution < -0.4 is 5.32 Å². The molecule has 0 unspecified atom stereocenters. The van der Waals surface area contributed by atoms with Gasteiger partial charge in [0.05, 0.1) is 5.56 Å². The van der Waals surface area contributed by atoms with Gasteiger partial charge in [-0.2, -0.15) is 0 Å². The number of nitrogens with one attached hydrogen (secondary N) is 1. The Hall–Kier alpha value is -1.38. The molecule has 1 aliphatic heterocycles. The SMILES string of the molecule is CC(C)(C)OC(=O)NCC1CCN(C(=O)c2cc(I)ccc2F)CC1. The summed E-state index contributed by atoms with van der Waals surface area (Å²) in [5, 5.41) is 2.78. The lowest BCUT2D eigenvalue weighted by Gasteiger charge is -2.32. The van der Waals surface area contributed by atoms with Crippen LogP contribution in [0.15, 0.2) is 18.2 Å². The number of likely N-dealkylation sites (tertiary alicyclic amines) is 1. The largest absolute Gasteiger partial charge is 0.444 e. The van der Waals surface area contributed by atoms with Crippen molar-refractivity contribution in [1.82, 2.24) is 10.2 Å². The summed E-state index contributed by atoms with van der Waals surface area (Å²) >= 11 is 2.07. The lowest BCUT2D eigenvalue weighted by Crippen LogP contribution is -2.42. The first-order valence-electron chi connectivity index (χ1n) is 8.37. The van der Waals surface area contributed by atoms with Crippen molar-refractivity contribution in [2.75, 3.05) is 19.6 Å². The minimum absolute atomic E-state index is 0.122. The zero-order valence-corrected chi connectivity index (χ0v) is 16.9. The number of rotatable bonds is 3. The van der Waals surface area contributed by atoms with Gasteiger partial charge in [0.25, 0.3) is 5.91 Å². The van der Waals surface area contributed by atoms with Crippen LogP contribution in [0.3, 0.4) is 0 Å². The molecule has 0 bridgehead atoms. The topological polar surface area (TPSA) is 58.6 Å². The van der Waals surface area contributed by atoms with Gasteiger partial charge >= 0.3 is 6.09 Å². The zero-order chi connectivity index (χ0) is 18.6. The Balaban J connectivity index is 1.82. The van der Waals surface area contributed by atoms with E-state index in [1.807, 2.05) is 20.8 Å². The second-order valence-electron chi connectivity index (χ2n) is 7.24. The van der Waals surface area contributed by atoms with E-state index < -0.39 is 17.5 Å². The van der Waals surface area contributed by atoms with Gasteiger partial charge in [0.15, 0.2) is 0 Å². The lowest BCUT2D eigenvalue weighted by atomic mass is 9.96. The van der Waals surface area contributed by atoms with E-state index in [4.69, 9.17) is 4.74 Å². The summed E-state index contributed by atoms with van der Waals surface area (Å²) in [5.41, 5.74) is -0.394. The number of halogens is 2. The molecule has 0 atom stereocenters. The number of ether oxygens (including phenoxy) is 1. The average molecular weight is 462 g/mol. The summed E-state index contributed by atoms with van der Waals surface area (Å²) in [6, 6.07) is 4.54. The van der Waals surface area contributed by atoms with Gasteiger partial charge in [0, 0.05) is 23.2 Å². The second kappa shape index (κ2) is 8.33. The van der Waals surface area contributed by atoms with Crippen LogP contribution in [0.2, 0.25) is 0 Å². The molecule has 0 radical (unpaired) electrons. The summed E-state index contributed by atoms with van der Waals surface area (Å²) < 4.78 is 19.9. The third-order valence-corrected chi connectivity index (χ3v) is 4.67. The van der Waals surface area contributed by atoms with Crippen molar-refractivity contribution < 1.29 is 18.7 Å². The van der Waals surface area contributed by atoms with Crippen molar-refractivity contribution >= 4 is 34.6 Å². The fourth-order valence-electron chi connectivity index (χ4n) is 2.71. The molecule has 2 rings (SSSR count). The Morgan fingerprint density at radius 2 is 1.96 bits per heavy atom. The van der Waals surface area contributed by atoms with Crippen LogP contribution in [0.1, 0.15) is 44.0 Å². The molecule has 0 aliphatic carbocycles. The maximum atomic E-state index is 13.9. The summed E-state index contributed by atoms with van der Waals surface area (Å²) in [7, 11) is 0. The van der Waals surface area contributed by atoms with Gasteiger partial charge in [0.2, 0.25) is 0 Å². The van der Waals surface area contributed by atoms with Crippen LogP contribution in [-0.4, -0.2) is 42.1 Å². The maximum absolute atomic E-state index is 13.9. The van der Waals surface area contributed by atoms with E-state index in [0.717, 1.165) is 16.4 Å². The highest BCUT2D eigenvalue weighted by Crippen LogP contribution is 2.21. The summed E-state index contributed by atoms with van der Waals surface area (Å²) in [6.45, 7) is 7.10. The van der Waals surface area contributed by atoms with Gasteiger partial charge in [-0.3, -0.25) is 4.79 Å². The van der Waals surface area contributed by atoms with E-state index in [-0.39, 0.29) is 17.4 Å². The van der Waals surface area contributed by atoms with Crippen molar-refractivity contribution in [3.63, 3.8) is 0 Å². The standard InChI is InChI=1S/C18H24FIN2O3/c1-18(2,3)25-17(24)21-11-12-6-8-22(9-7-12)16(23)14-10-13(20)4-5-15(14)19/h4-5,10,12H,6-9,11H2,1-3H3,(H,21,24). The molecule has 1 aliphatic rings. The second-order valence-corrected chi connectivity index (χ2v) is 8.49. The first kappa shape index (κ1) is 19.9. The number of hydrogen-bond donors (Lipinski definition) is 1. The van der Waals surface area contributed by atoms with E-state index in [0.29, 0.717) is 19.6 Å². The molecule has 1 fully saturated rings. The minimum Gasteiger partial charge on any atom is -0.444 e. The Bertz CT molecular complexity index is 638. The highest BCUT2D eigenvalue weighted by atomic mass is 127. The Morgan fingerprint density at radius 1 is 1.32 bits per heavy atom. The number of alkyl carbamates (subject to hydrolysis) is 1. The predicted octanol–water partition coefficient (Wildman–Crippen LogP) is 3.81. The van der Waals surface area contributed by atoms with E-state index in [1.54, 1.807) is 17.0 Å². The van der Waals surface area contributed by atoms with Crippen molar-refractivity contribution in [3.8, 4) is 0 Å². The number of carbonyl (C=O) groups excluding carboxylic acids is 2. The first-order valence-corrected chi connectivity index (χ1v) is 9.45. The smallest absolute Gasteiger partial charge is 0.407 e. The Morgan fingerprint density at radius 3 is 2.56 bits per heavy atom. The van der Waals surface area contributed by atoms with Gasteiger partial charge in [-0.05, 0) is 80.3 Å². The third-order valence-electron chi connectivity index (χ3n) is 3.99. The molecule has 1 heterocycles. The quantitative estimate of drug-likeness (QED) is 0.696. The van der Waals surface area contributed by atoms with E-state index >= 15 is 0 Å². The highest BCUT2D eigenvalue weighted by Gasteiger charge is 2.26. The molecule has 0 aromatic heterocycles. The van der Waals surface area contributed by atoms with Gasteiger partial charge in [-0.15, -0.1) is 0 Å². The van der Waals surface area contributed by atoms with E-state index in [1.165, 1.54) is 6.07 Å². The Labute approximate surface area is 161 Å². The number of benzene rings is 1. The zero-order valence-electron chi connectivity index (χ0n) is 14.8. The van der Waals surface area contributed by atoms with Crippen LogP contribution in [0, 0.1) is 15.3 Å². The summed E-state index contributed by atoms with van der Waals surface area (Å²) in [6.07, 6.45) is 1.12. The average Bonchev–Trinajstić information content (AvgIpc) is 2.53. The first-order chi connectivity index (χ1) is 11.7.